The second-order valence-electron chi connectivity index (χ2n) is 5.07. The van der Waals surface area contributed by atoms with E-state index in [4.69, 9.17) is 9.47 Å². The van der Waals surface area contributed by atoms with Crippen LogP contribution in [0.4, 0.5) is 0 Å². The van der Waals surface area contributed by atoms with Crippen molar-refractivity contribution in [3.63, 3.8) is 0 Å². The van der Waals surface area contributed by atoms with E-state index in [0.29, 0.717) is 0 Å². The van der Waals surface area contributed by atoms with Gasteiger partial charge in [0.25, 0.3) is 0 Å². The lowest BCUT2D eigenvalue weighted by atomic mass is 9.78. The van der Waals surface area contributed by atoms with E-state index in [0.717, 1.165) is 6.42 Å². The molecule has 0 saturated heterocycles. The summed E-state index contributed by atoms with van der Waals surface area (Å²) >= 11 is 0. The Kier molecular flexibility index (Phi) is 5.57. The maximum Gasteiger partial charge on any atom is 0.166 e. The SMILES string of the molecule is COC(OC)C(C)(CC=C(C)C)c1ccccc1. The van der Waals surface area contributed by atoms with Crippen LogP contribution in [0, 0.1) is 0 Å². The average molecular weight is 248 g/mol. The van der Waals surface area contributed by atoms with Crippen LogP contribution in [0.15, 0.2) is 42.0 Å². The van der Waals surface area contributed by atoms with E-state index in [1.807, 2.05) is 6.07 Å². The van der Waals surface area contributed by atoms with Crippen molar-refractivity contribution < 1.29 is 9.47 Å². The van der Waals surface area contributed by atoms with Crippen LogP contribution >= 0.6 is 0 Å². The molecule has 100 valence electrons. The van der Waals surface area contributed by atoms with Gasteiger partial charge < -0.3 is 9.47 Å². The molecule has 2 nitrogen and oxygen atoms in total. The van der Waals surface area contributed by atoms with Crippen molar-refractivity contribution in [2.45, 2.75) is 38.9 Å². The quantitative estimate of drug-likeness (QED) is 0.561. The maximum atomic E-state index is 5.50. The monoisotopic (exact) mass is 248 g/mol. The molecule has 0 heterocycles. The molecule has 1 rings (SSSR count). The minimum atomic E-state index is -0.254. The molecule has 0 spiro atoms. The minimum Gasteiger partial charge on any atom is -0.355 e. The lowest BCUT2D eigenvalue weighted by Gasteiger charge is -2.35. The van der Waals surface area contributed by atoms with E-state index in [-0.39, 0.29) is 11.7 Å². The zero-order valence-electron chi connectivity index (χ0n) is 12.1. The number of benzene rings is 1. The van der Waals surface area contributed by atoms with Crippen LogP contribution in [-0.2, 0) is 14.9 Å². The molecule has 0 aromatic heterocycles. The van der Waals surface area contributed by atoms with Gasteiger partial charge in [0.1, 0.15) is 0 Å². The molecule has 0 aliphatic heterocycles. The second kappa shape index (κ2) is 6.72. The molecule has 1 aromatic carbocycles. The molecule has 0 saturated carbocycles. The summed E-state index contributed by atoms with van der Waals surface area (Å²) in [5, 5.41) is 0. The Hall–Kier alpha value is -1.12. The maximum absolute atomic E-state index is 5.50. The number of ether oxygens (including phenoxy) is 2. The van der Waals surface area contributed by atoms with Crippen LogP contribution < -0.4 is 0 Å². The standard InChI is InChI=1S/C16H24O2/c1-13(2)11-12-16(3,15(17-4)18-5)14-9-7-6-8-10-14/h6-11,15H,12H2,1-5H3. The summed E-state index contributed by atoms with van der Waals surface area (Å²) in [6.45, 7) is 6.40. The molecule has 0 aliphatic carbocycles. The number of hydrogen-bond donors (Lipinski definition) is 0. The van der Waals surface area contributed by atoms with Gasteiger partial charge in [0.05, 0.1) is 0 Å². The van der Waals surface area contributed by atoms with E-state index in [1.54, 1.807) is 14.2 Å². The topological polar surface area (TPSA) is 18.5 Å². The third-order valence-corrected chi connectivity index (χ3v) is 3.32. The van der Waals surface area contributed by atoms with Crippen molar-refractivity contribution in [2.24, 2.45) is 0 Å². The summed E-state index contributed by atoms with van der Waals surface area (Å²) in [5.41, 5.74) is 2.36. The molecule has 1 aromatic rings. The van der Waals surface area contributed by atoms with E-state index in [1.165, 1.54) is 11.1 Å². The highest BCUT2D eigenvalue weighted by Crippen LogP contribution is 2.34. The van der Waals surface area contributed by atoms with E-state index in [2.05, 4.69) is 51.1 Å². The Morgan fingerprint density at radius 3 is 2.17 bits per heavy atom. The first kappa shape index (κ1) is 14.9. The largest absolute Gasteiger partial charge is 0.355 e. The Morgan fingerprint density at radius 1 is 1.17 bits per heavy atom. The van der Waals surface area contributed by atoms with Crippen LogP contribution in [0.25, 0.3) is 0 Å². The summed E-state index contributed by atoms with van der Waals surface area (Å²) in [6.07, 6.45) is 2.87. The van der Waals surface area contributed by atoms with Gasteiger partial charge in [-0.3, -0.25) is 0 Å². The van der Waals surface area contributed by atoms with Gasteiger partial charge in [-0.1, -0.05) is 48.9 Å². The Morgan fingerprint density at radius 2 is 1.72 bits per heavy atom. The molecule has 2 heteroatoms. The summed E-state index contributed by atoms with van der Waals surface area (Å²) in [7, 11) is 3.38. The lowest BCUT2D eigenvalue weighted by molar-refractivity contribution is -0.145. The molecule has 0 aliphatic rings. The highest BCUT2D eigenvalue weighted by atomic mass is 16.7. The smallest absolute Gasteiger partial charge is 0.166 e. The fourth-order valence-electron chi connectivity index (χ4n) is 2.20. The molecule has 1 atom stereocenters. The van der Waals surface area contributed by atoms with Crippen molar-refractivity contribution in [1.29, 1.82) is 0 Å². The minimum absolute atomic E-state index is 0.179. The van der Waals surface area contributed by atoms with Crippen molar-refractivity contribution in [1.82, 2.24) is 0 Å². The van der Waals surface area contributed by atoms with Crippen molar-refractivity contribution in [3.05, 3.63) is 47.5 Å². The number of rotatable bonds is 6. The summed E-state index contributed by atoms with van der Waals surface area (Å²) in [4.78, 5) is 0. The Balaban J connectivity index is 3.12. The third kappa shape index (κ3) is 3.44. The van der Waals surface area contributed by atoms with Crippen LogP contribution in [-0.4, -0.2) is 20.5 Å². The van der Waals surface area contributed by atoms with Gasteiger partial charge in [0.2, 0.25) is 0 Å². The van der Waals surface area contributed by atoms with Crippen molar-refractivity contribution in [3.8, 4) is 0 Å². The molecule has 1 unspecified atom stereocenters. The van der Waals surface area contributed by atoms with Gasteiger partial charge in [0.15, 0.2) is 6.29 Å². The highest BCUT2D eigenvalue weighted by molar-refractivity contribution is 5.27. The van der Waals surface area contributed by atoms with Crippen LogP contribution in [0.5, 0.6) is 0 Å². The Bertz CT molecular complexity index is 375. The number of methoxy groups -OCH3 is 2. The Labute approximate surface area is 111 Å². The molecule has 0 bridgehead atoms. The first-order valence-electron chi connectivity index (χ1n) is 6.29. The molecular formula is C16H24O2. The fraction of sp³-hybridized carbons (Fsp3) is 0.500. The predicted molar refractivity (Wildman–Crippen MR) is 75.6 cm³/mol. The van der Waals surface area contributed by atoms with Gasteiger partial charge >= 0.3 is 0 Å². The number of allylic oxidation sites excluding steroid dienone is 2. The zero-order chi connectivity index (χ0) is 13.6. The van der Waals surface area contributed by atoms with Gasteiger partial charge in [-0.25, -0.2) is 0 Å². The molecule has 0 N–H and O–H groups in total. The average Bonchev–Trinajstić information content (AvgIpc) is 2.39. The summed E-state index contributed by atoms with van der Waals surface area (Å²) in [5.74, 6) is 0. The molecular weight excluding hydrogens is 224 g/mol. The van der Waals surface area contributed by atoms with Gasteiger partial charge in [-0.15, -0.1) is 0 Å². The molecule has 0 amide bonds. The second-order valence-corrected chi connectivity index (χ2v) is 5.07. The van der Waals surface area contributed by atoms with E-state index >= 15 is 0 Å². The van der Waals surface area contributed by atoms with E-state index in [9.17, 15) is 0 Å². The van der Waals surface area contributed by atoms with Crippen LogP contribution in [0.3, 0.4) is 0 Å². The predicted octanol–water partition coefficient (Wildman–Crippen LogP) is 3.92. The summed E-state index contributed by atoms with van der Waals surface area (Å²) in [6, 6.07) is 10.4. The summed E-state index contributed by atoms with van der Waals surface area (Å²) < 4.78 is 11.0. The molecule has 0 fully saturated rings. The zero-order valence-corrected chi connectivity index (χ0v) is 12.1. The van der Waals surface area contributed by atoms with Crippen LogP contribution in [0.1, 0.15) is 32.8 Å². The van der Waals surface area contributed by atoms with E-state index < -0.39 is 0 Å². The normalized spacial score (nSPS) is 14.3. The highest BCUT2D eigenvalue weighted by Gasteiger charge is 2.35. The first-order chi connectivity index (χ1) is 8.54. The van der Waals surface area contributed by atoms with Gasteiger partial charge in [-0.05, 0) is 25.8 Å². The van der Waals surface area contributed by atoms with Crippen LogP contribution in [0.2, 0.25) is 0 Å². The lowest BCUT2D eigenvalue weighted by Crippen LogP contribution is -2.39. The third-order valence-electron chi connectivity index (χ3n) is 3.32. The van der Waals surface area contributed by atoms with Crippen molar-refractivity contribution >= 4 is 0 Å². The fourth-order valence-corrected chi connectivity index (χ4v) is 2.20. The number of hydrogen-bond acceptors (Lipinski definition) is 2. The van der Waals surface area contributed by atoms with Gasteiger partial charge in [-0.2, -0.15) is 0 Å². The first-order valence-corrected chi connectivity index (χ1v) is 6.29. The molecule has 18 heavy (non-hydrogen) atoms. The molecule has 0 radical (unpaired) electrons. The van der Waals surface area contributed by atoms with Gasteiger partial charge in [0, 0.05) is 19.6 Å². The van der Waals surface area contributed by atoms with Crippen molar-refractivity contribution in [2.75, 3.05) is 14.2 Å².